The quantitative estimate of drug-likeness (QED) is 0.766. The van der Waals surface area contributed by atoms with Gasteiger partial charge in [0.25, 0.3) is 0 Å². The highest BCUT2D eigenvalue weighted by atomic mass is 16.3. The predicted molar refractivity (Wildman–Crippen MR) is 69.2 cm³/mol. The molecular formula is C16H12NO-. The van der Waals surface area contributed by atoms with Gasteiger partial charge < -0.3 is 5.11 Å². The number of benzene rings is 2. The lowest BCUT2D eigenvalue weighted by atomic mass is 9.98. The Hall–Kier alpha value is -2.53. The van der Waals surface area contributed by atoms with Crippen molar-refractivity contribution in [2.45, 2.75) is 5.92 Å². The third-order valence-corrected chi connectivity index (χ3v) is 2.67. The van der Waals surface area contributed by atoms with Crippen LogP contribution in [0.1, 0.15) is 17.0 Å². The van der Waals surface area contributed by atoms with Gasteiger partial charge in [0, 0.05) is 0 Å². The van der Waals surface area contributed by atoms with Crippen LogP contribution in [0.2, 0.25) is 0 Å². The zero-order chi connectivity index (χ0) is 12.8. The Bertz CT molecular complexity index is 567. The molecular weight excluding hydrogens is 222 g/mol. The molecule has 0 aliphatic carbocycles. The molecule has 0 aliphatic rings. The first-order valence-electron chi connectivity index (χ1n) is 5.70. The maximum Gasteiger partial charge on any atom is 0.0891 e. The second kappa shape index (κ2) is 5.70. The highest BCUT2D eigenvalue weighted by molar-refractivity contribution is 5.58. The Balaban J connectivity index is 2.29. The van der Waals surface area contributed by atoms with Gasteiger partial charge in [-0.15, -0.1) is 5.76 Å². The Kier molecular flexibility index (Phi) is 3.78. The van der Waals surface area contributed by atoms with Crippen LogP contribution in [0.3, 0.4) is 0 Å². The minimum absolute atomic E-state index is 0.119. The molecule has 0 spiro atoms. The van der Waals surface area contributed by atoms with E-state index in [1.54, 1.807) is 12.1 Å². The van der Waals surface area contributed by atoms with E-state index in [1.165, 1.54) is 6.08 Å². The fourth-order valence-corrected chi connectivity index (χ4v) is 1.72. The molecule has 2 rings (SSSR count). The summed E-state index contributed by atoms with van der Waals surface area (Å²) in [6.45, 7) is 0. The van der Waals surface area contributed by atoms with Gasteiger partial charge in [-0.1, -0.05) is 66.7 Å². The van der Waals surface area contributed by atoms with Crippen molar-refractivity contribution in [2.24, 2.45) is 0 Å². The van der Waals surface area contributed by atoms with Crippen molar-refractivity contribution in [3.63, 3.8) is 0 Å². The van der Waals surface area contributed by atoms with Gasteiger partial charge in [-0.25, -0.2) is 0 Å². The molecule has 0 fully saturated rings. The van der Waals surface area contributed by atoms with Gasteiger partial charge in [-0.2, -0.15) is 5.26 Å². The molecule has 18 heavy (non-hydrogen) atoms. The van der Waals surface area contributed by atoms with Crippen molar-refractivity contribution in [2.75, 3.05) is 0 Å². The summed E-state index contributed by atoms with van der Waals surface area (Å²) < 4.78 is 0. The van der Waals surface area contributed by atoms with Crippen molar-refractivity contribution in [1.82, 2.24) is 0 Å². The molecule has 0 saturated carbocycles. The number of rotatable bonds is 3. The zero-order valence-electron chi connectivity index (χ0n) is 9.78. The zero-order valence-corrected chi connectivity index (χ0v) is 9.78. The average Bonchev–Trinajstić information content (AvgIpc) is 2.46. The van der Waals surface area contributed by atoms with E-state index in [9.17, 15) is 5.11 Å². The van der Waals surface area contributed by atoms with Crippen LogP contribution in [-0.4, -0.2) is 0 Å². The summed E-state index contributed by atoms with van der Waals surface area (Å²) in [6.07, 6.45) is 1.46. The molecule has 0 bridgehead atoms. The average molecular weight is 234 g/mol. The molecule has 2 aromatic rings. The van der Waals surface area contributed by atoms with Crippen molar-refractivity contribution < 1.29 is 5.11 Å². The topological polar surface area (TPSA) is 46.8 Å². The molecule has 0 aliphatic heterocycles. The molecule has 1 unspecified atom stereocenters. The monoisotopic (exact) mass is 234 g/mol. The van der Waals surface area contributed by atoms with E-state index in [-0.39, 0.29) is 5.76 Å². The lowest BCUT2D eigenvalue weighted by molar-refractivity contribution is -0.244. The second-order valence-electron chi connectivity index (χ2n) is 3.91. The fourth-order valence-electron chi connectivity index (χ4n) is 1.72. The lowest BCUT2D eigenvalue weighted by Gasteiger charge is -2.14. The summed E-state index contributed by atoms with van der Waals surface area (Å²) in [4.78, 5) is 0. The third kappa shape index (κ3) is 2.78. The van der Waals surface area contributed by atoms with Gasteiger partial charge in [-0.05, 0) is 11.1 Å². The summed E-state index contributed by atoms with van der Waals surface area (Å²) in [5, 5.41) is 21.1. The molecule has 0 radical (unpaired) electrons. The highest BCUT2D eigenvalue weighted by Gasteiger charge is 2.05. The van der Waals surface area contributed by atoms with Gasteiger partial charge in [0.05, 0.1) is 12.0 Å². The number of nitriles is 1. The number of allylic oxidation sites excluding steroid dienone is 1. The third-order valence-electron chi connectivity index (χ3n) is 2.67. The molecule has 0 saturated heterocycles. The molecule has 2 nitrogen and oxygen atoms in total. The molecule has 0 heterocycles. The first-order valence-corrected chi connectivity index (χ1v) is 5.70. The maximum absolute atomic E-state index is 12.0. The maximum atomic E-state index is 12.0. The lowest BCUT2D eigenvalue weighted by Crippen LogP contribution is -2.04. The van der Waals surface area contributed by atoms with Crippen molar-refractivity contribution in [3.8, 4) is 6.07 Å². The summed E-state index contributed by atoms with van der Waals surface area (Å²) in [7, 11) is 0. The van der Waals surface area contributed by atoms with Gasteiger partial charge in [-0.3, -0.25) is 0 Å². The molecule has 0 amide bonds. The van der Waals surface area contributed by atoms with E-state index in [2.05, 4.69) is 6.07 Å². The van der Waals surface area contributed by atoms with E-state index in [0.717, 1.165) is 5.56 Å². The number of hydrogen-bond donors (Lipinski definition) is 0. The van der Waals surface area contributed by atoms with Gasteiger partial charge in [0.2, 0.25) is 0 Å². The van der Waals surface area contributed by atoms with Gasteiger partial charge in [0.15, 0.2) is 0 Å². The second-order valence-corrected chi connectivity index (χ2v) is 3.91. The Morgan fingerprint density at radius 3 is 2.11 bits per heavy atom. The normalized spacial score (nSPS) is 12.7. The molecule has 0 N–H and O–H groups in total. The van der Waals surface area contributed by atoms with Crippen LogP contribution in [0.5, 0.6) is 0 Å². The van der Waals surface area contributed by atoms with Crippen LogP contribution >= 0.6 is 0 Å². The summed E-state index contributed by atoms with van der Waals surface area (Å²) in [5.41, 5.74) is 1.44. The molecule has 88 valence electrons. The minimum atomic E-state index is -0.501. The van der Waals surface area contributed by atoms with Crippen molar-refractivity contribution >= 4 is 5.76 Å². The van der Waals surface area contributed by atoms with Gasteiger partial charge >= 0.3 is 0 Å². The fraction of sp³-hybridized carbons (Fsp3) is 0.0625. The summed E-state index contributed by atoms with van der Waals surface area (Å²) in [5.74, 6) is -0.620. The molecule has 0 aromatic heterocycles. The van der Waals surface area contributed by atoms with Crippen LogP contribution in [0.4, 0.5) is 0 Å². The Labute approximate surface area is 106 Å². The molecule has 2 heteroatoms. The standard InChI is InChI=1S/C16H13NO/c17-12-15(13-7-3-1-4-8-13)11-16(18)14-9-5-2-6-10-14/h1-11,15,18H/p-1/b16-11-. The van der Waals surface area contributed by atoms with E-state index >= 15 is 0 Å². The van der Waals surface area contributed by atoms with Crippen molar-refractivity contribution in [3.05, 3.63) is 77.9 Å². The van der Waals surface area contributed by atoms with Crippen LogP contribution in [0, 0.1) is 11.3 Å². The smallest absolute Gasteiger partial charge is 0.0891 e. The van der Waals surface area contributed by atoms with E-state index < -0.39 is 5.92 Å². The van der Waals surface area contributed by atoms with E-state index in [1.807, 2.05) is 48.5 Å². The van der Waals surface area contributed by atoms with Crippen LogP contribution < -0.4 is 5.11 Å². The first-order chi connectivity index (χ1) is 8.81. The molecule has 1 atom stereocenters. The largest absolute Gasteiger partial charge is 0.872 e. The first kappa shape index (κ1) is 11.9. The Morgan fingerprint density at radius 1 is 1.00 bits per heavy atom. The number of hydrogen-bond acceptors (Lipinski definition) is 2. The SMILES string of the molecule is N#CC(/C=C(\[O-])c1ccccc1)c1ccccc1. The van der Waals surface area contributed by atoms with Crippen LogP contribution in [0.15, 0.2) is 66.7 Å². The number of nitrogens with zero attached hydrogens (tertiary/aromatic N) is 1. The highest BCUT2D eigenvalue weighted by Crippen LogP contribution is 2.19. The Morgan fingerprint density at radius 2 is 1.56 bits per heavy atom. The van der Waals surface area contributed by atoms with E-state index in [4.69, 9.17) is 5.26 Å². The minimum Gasteiger partial charge on any atom is -0.872 e. The van der Waals surface area contributed by atoms with E-state index in [0.29, 0.717) is 5.56 Å². The summed E-state index contributed by atoms with van der Waals surface area (Å²) >= 11 is 0. The van der Waals surface area contributed by atoms with Crippen LogP contribution in [-0.2, 0) is 0 Å². The summed E-state index contributed by atoms with van der Waals surface area (Å²) in [6, 6.07) is 20.4. The van der Waals surface area contributed by atoms with Crippen molar-refractivity contribution in [1.29, 1.82) is 5.26 Å². The van der Waals surface area contributed by atoms with Crippen LogP contribution in [0.25, 0.3) is 5.76 Å². The van der Waals surface area contributed by atoms with Gasteiger partial charge in [0.1, 0.15) is 0 Å². The predicted octanol–water partition coefficient (Wildman–Crippen LogP) is 2.70. The molecule has 2 aromatic carbocycles.